The fourth-order valence-electron chi connectivity index (χ4n) is 1.03. The van der Waals surface area contributed by atoms with E-state index in [4.69, 9.17) is 11.6 Å². The molecule has 0 heterocycles. The molecule has 0 saturated carbocycles. The zero-order chi connectivity index (χ0) is 9.84. The summed E-state index contributed by atoms with van der Waals surface area (Å²) < 4.78 is 0. The molecule has 0 fully saturated rings. The van der Waals surface area contributed by atoms with Crippen molar-refractivity contribution < 1.29 is 4.79 Å². The van der Waals surface area contributed by atoms with Gasteiger partial charge >= 0.3 is 0 Å². The zero-order valence-electron chi connectivity index (χ0n) is 7.75. The Hall–Kier alpha value is -1.02. The quantitative estimate of drug-likeness (QED) is 0.695. The van der Waals surface area contributed by atoms with E-state index < -0.39 is 0 Å². The summed E-state index contributed by atoms with van der Waals surface area (Å²) >= 11 is 5.87. The van der Waals surface area contributed by atoms with Gasteiger partial charge in [0.1, 0.15) is 0 Å². The Bertz CT molecular complexity index is 312. The molecule has 0 aromatic heterocycles. The first-order valence-electron chi connectivity index (χ1n) is 4.15. The van der Waals surface area contributed by atoms with E-state index in [0.29, 0.717) is 10.6 Å². The van der Waals surface area contributed by atoms with Crippen molar-refractivity contribution >= 4 is 23.6 Å². The Labute approximate surface area is 83.1 Å². The van der Waals surface area contributed by atoms with Crippen LogP contribution < -0.4 is 4.90 Å². The highest BCUT2D eigenvalue weighted by atomic mass is 35.5. The van der Waals surface area contributed by atoms with Crippen LogP contribution in [0.1, 0.15) is 17.3 Å². The Morgan fingerprint density at radius 3 is 2.69 bits per heavy atom. The van der Waals surface area contributed by atoms with E-state index in [9.17, 15) is 4.79 Å². The molecule has 0 aliphatic rings. The van der Waals surface area contributed by atoms with Crippen molar-refractivity contribution in [2.45, 2.75) is 6.92 Å². The maximum absolute atomic E-state index is 10.5. The second kappa shape index (κ2) is 4.28. The number of nitrogens with zero attached hydrogens (tertiary/aromatic N) is 1. The Kier molecular flexibility index (Phi) is 3.32. The Morgan fingerprint density at radius 2 is 2.23 bits per heavy atom. The lowest BCUT2D eigenvalue weighted by molar-refractivity contribution is 0.112. The highest BCUT2D eigenvalue weighted by molar-refractivity contribution is 6.33. The molecule has 1 rings (SSSR count). The monoisotopic (exact) mass is 197 g/mol. The number of hydrogen-bond donors (Lipinski definition) is 0. The third kappa shape index (κ3) is 2.22. The summed E-state index contributed by atoms with van der Waals surface area (Å²) in [6.45, 7) is 2.97. The topological polar surface area (TPSA) is 20.3 Å². The average molecular weight is 198 g/mol. The van der Waals surface area contributed by atoms with E-state index in [1.807, 2.05) is 13.1 Å². The Morgan fingerprint density at radius 1 is 1.54 bits per heavy atom. The predicted molar refractivity (Wildman–Crippen MR) is 55.8 cm³/mol. The maximum Gasteiger partial charge on any atom is 0.151 e. The van der Waals surface area contributed by atoms with E-state index in [-0.39, 0.29) is 0 Å². The van der Waals surface area contributed by atoms with Gasteiger partial charge in [-0.25, -0.2) is 0 Å². The fraction of sp³-hybridized carbons (Fsp3) is 0.300. The van der Waals surface area contributed by atoms with Crippen LogP contribution >= 0.6 is 11.6 Å². The van der Waals surface area contributed by atoms with Crippen molar-refractivity contribution in [2.75, 3.05) is 18.5 Å². The first kappa shape index (κ1) is 10.1. The minimum Gasteiger partial charge on any atom is -0.375 e. The van der Waals surface area contributed by atoms with E-state index in [1.165, 1.54) is 0 Å². The van der Waals surface area contributed by atoms with Crippen molar-refractivity contribution in [2.24, 2.45) is 0 Å². The maximum atomic E-state index is 10.5. The highest BCUT2D eigenvalue weighted by Gasteiger charge is 2.02. The van der Waals surface area contributed by atoms with Gasteiger partial charge in [-0.2, -0.15) is 0 Å². The number of halogens is 1. The molecule has 0 aliphatic carbocycles. The van der Waals surface area contributed by atoms with Crippen LogP contribution in [-0.2, 0) is 0 Å². The molecule has 2 nitrogen and oxygen atoms in total. The van der Waals surface area contributed by atoms with Crippen LogP contribution in [0.5, 0.6) is 0 Å². The van der Waals surface area contributed by atoms with E-state index in [2.05, 4.69) is 11.8 Å². The van der Waals surface area contributed by atoms with E-state index in [1.54, 1.807) is 12.1 Å². The standard InChI is InChI=1S/C10H12ClNO/c1-3-12(2)9-5-4-8(7-13)10(11)6-9/h4-7H,3H2,1-2H3. The molecule has 0 bridgehead atoms. The molecular formula is C10H12ClNO. The summed E-state index contributed by atoms with van der Waals surface area (Å²) in [5.41, 5.74) is 1.56. The molecule has 0 atom stereocenters. The lowest BCUT2D eigenvalue weighted by Gasteiger charge is -2.16. The molecule has 3 heteroatoms. The van der Waals surface area contributed by atoms with Gasteiger partial charge in [-0.15, -0.1) is 0 Å². The third-order valence-corrected chi connectivity index (χ3v) is 2.35. The number of carbonyl (C=O) groups excluding carboxylic acids is 1. The first-order chi connectivity index (χ1) is 6.19. The van der Waals surface area contributed by atoms with Crippen LogP contribution in [0, 0.1) is 0 Å². The zero-order valence-corrected chi connectivity index (χ0v) is 8.51. The van der Waals surface area contributed by atoms with Crippen LogP contribution in [0.4, 0.5) is 5.69 Å². The lowest BCUT2D eigenvalue weighted by Crippen LogP contribution is -2.15. The summed E-state index contributed by atoms with van der Waals surface area (Å²) in [5.74, 6) is 0. The number of aldehydes is 1. The largest absolute Gasteiger partial charge is 0.375 e. The van der Waals surface area contributed by atoms with Gasteiger partial charge in [0.25, 0.3) is 0 Å². The van der Waals surface area contributed by atoms with Gasteiger partial charge in [-0.1, -0.05) is 11.6 Å². The minimum atomic E-state index is 0.507. The summed E-state index contributed by atoms with van der Waals surface area (Å²) in [6.07, 6.45) is 0.762. The van der Waals surface area contributed by atoms with Crippen molar-refractivity contribution in [1.29, 1.82) is 0 Å². The second-order valence-corrected chi connectivity index (χ2v) is 3.25. The van der Waals surface area contributed by atoms with Crippen molar-refractivity contribution in [3.8, 4) is 0 Å². The molecular weight excluding hydrogens is 186 g/mol. The number of rotatable bonds is 3. The molecule has 0 amide bonds. The molecule has 70 valence electrons. The number of carbonyl (C=O) groups is 1. The minimum absolute atomic E-state index is 0.507. The van der Waals surface area contributed by atoms with Crippen LogP contribution in [0.25, 0.3) is 0 Å². The van der Waals surface area contributed by atoms with Gasteiger partial charge in [0.05, 0.1) is 5.02 Å². The number of hydrogen-bond acceptors (Lipinski definition) is 2. The Balaban J connectivity index is 3.02. The summed E-state index contributed by atoms with van der Waals surface area (Å²) in [4.78, 5) is 12.5. The lowest BCUT2D eigenvalue weighted by atomic mass is 10.2. The average Bonchev–Trinajstić information content (AvgIpc) is 2.16. The first-order valence-corrected chi connectivity index (χ1v) is 4.52. The van der Waals surface area contributed by atoms with Crippen LogP contribution in [0.15, 0.2) is 18.2 Å². The van der Waals surface area contributed by atoms with E-state index >= 15 is 0 Å². The van der Waals surface area contributed by atoms with Gasteiger partial charge in [0, 0.05) is 24.8 Å². The summed E-state index contributed by atoms with van der Waals surface area (Å²) in [5, 5.41) is 0.507. The predicted octanol–water partition coefficient (Wildman–Crippen LogP) is 2.61. The molecule has 1 aromatic rings. The second-order valence-electron chi connectivity index (χ2n) is 2.84. The van der Waals surface area contributed by atoms with Gasteiger partial charge in [-0.3, -0.25) is 4.79 Å². The molecule has 0 spiro atoms. The van der Waals surface area contributed by atoms with Crippen molar-refractivity contribution in [1.82, 2.24) is 0 Å². The fourth-order valence-corrected chi connectivity index (χ4v) is 1.25. The van der Waals surface area contributed by atoms with Crippen molar-refractivity contribution in [3.63, 3.8) is 0 Å². The van der Waals surface area contributed by atoms with Gasteiger partial charge in [0.2, 0.25) is 0 Å². The molecule has 13 heavy (non-hydrogen) atoms. The molecule has 1 aromatic carbocycles. The normalized spacial score (nSPS) is 9.77. The van der Waals surface area contributed by atoms with Gasteiger partial charge in [0.15, 0.2) is 6.29 Å². The molecule has 0 unspecified atom stereocenters. The summed E-state index contributed by atoms with van der Waals surface area (Å²) in [6, 6.07) is 5.42. The number of anilines is 1. The smallest absolute Gasteiger partial charge is 0.151 e. The molecule has 0 N–H and O–H groups in total. The third-order valence-electron chi connectivity index (χ3n) is 2.03. The van der Waals surface area contributed by atoms with Crippen LogP contribution in [-0.4, -0.2) is 19.9 Å². The SMILES string of the molecule is CCN(C)c1ccc(C=O)c(Cl)c1. The van der Waals surface area contributed by atoms with Crippen LogP contribution in [0.3, 0.4) is 0 Å². The highest BCUT2D eigenvalue weighted by Crippen LogP contribution is 2.21. The van der Waals surface area contributed by atoms with Gasteiger partial charge < -0.3 is 4.90 Å². The molecule has 0 saturated heterocycles. The molecule has 0 radical (unpaired) electrons. The molecule has 0 aliphatic heterocycles. The number of benzene rings is 1. The van der Waals surface area contributed by atoms with Crippen LogP contribution in [0.2, 0.25) is 5.02 Å². The summed E-state index contributed by atoms with van der Waals surface area (Å²) in [7, 11) is 1.98. The van der Waals surface area contributed by atoms with Gasteiger partial charge in [-0.05, 0) is 25.1 Å². The van der Waals surface area contributed by atoms with Crippen molar-refractivity contribution in [3.05, 3.63) is 28.8 Å². The van der Waals surface area contributed by atoms with E-state index in [0.717, 1.165) is 18.5 Å².